The molecule has 3 nitrogen and oxygen atoms in total. The molecular weight excluding hydrogens is 248 g/mol. The van der Waals surface area contributed by atoms with Gasteiger partial charge in [0.25, 0.3) is 0 Å². The second-order valence-corrected chi connectivity index (χ2v) is 5.69. The molecule has 0 aliphatic rings. The Morgan fingerprint density at radius 1 is 1.39 bits per heavy atom. The minimum absolute atomic E-state index is 0.622. The molecular formula is C14H18O3S. The van der Waals surface area contributed by atoms with Crippen LogP contribution in [0, 0.1) is 0 Å². The summed E-state index contributed by atoms with van der Waals surface area (Å²) >= 11 is 1.86. The maximum Gasteiger partial charge on any atom is 0.328 e. The van der Waals surface area contributed by atoms with Gasteiger partial charge in [0.05, 0.1) is 6.61 Å². The number of carbonyl (C=O) groups is 1. The van der Waals surface area contributed by atoms with Gasteiger partial charge in [-0.1, -0.05) is 26.0 Å². The van der Waals surface area contributed by atoms with E-state index in [-0.39, 0.29) is 0 Å². The number of rotatable bonds is 7. The zero-order valence-corrected chi connectivity index (χ0v) is 11.4. The molecule has 0 spiro atoms. The first kappa shape index (κ1) is 14.6. The third-order valence-electron chi connectivity index (χ3n) is 2.10. The van der Waals surface area contributed by atoms with Crippen LogP contribution in [0.2, 0.25) is 0 Å². The third kappa shape index (κ3) is 6.35. The molecule has 0 amide bonds. The Labute approximate surface area is 112 Å². The van der Waals surface area contributed by atoms with E-state index < -0.39 is 5.97 Å². The minimum Gasteiger partial charge on any atom is -0.493 e. The van der Waals surface area contributed by atoms with Crippen molar-refractivity contribution in [1.82, 2.24) is 0 Å². The molecule has 0 aromatic heterocycles. The van der Waals surface area contributed by atoms with Gasteiger partial charge in [-0.3, -0.25) is 0 Å². The molecule has 0 bridgehead atoms. The van der Waals surface area contributed by atoms with Crippen LogP contribution in [0.15, 0.2) is 30.3 Å². The van der Waals surface area contributed by atoms with E-state index in [1.807, 2.05) is 36.0 Å². The highest BCUT2D eigenvalue weighted by molar-refractivity contribution is 7.99. The fraction of sp³-hybridized carbons (Fsp3) is 0.357. The average Bonchev–Trinajstić information content (AvgIpc) is 2.33. The summed E-state index contributed by atoms with van der Waals surface area (Å²) in [5, 5.41) is 9.13. The van der Waals surface area contributed by atoms with Crippen molar-refractivity contribution in [3.63, 3.8) is 0 Å². The fourth-order valence-corrected chi connectivity index (χ4v) is 1.94. The summed E-state index contributed by atoms with van der Waals surface area (Å²) in [4.78, 5) is 10.4. The maximum absolute atomic E-state index is 10.4. The molecule has 0 saturated heterocycles. The quantitative estimate of drug-likeness (QED) is 0.607. The molecule has 0 aliphatic heterocycles. The highest BCUT2D eigenvalue weighted by Gasteiger charge is 1.96. The summed E-state index contributed by atoms with van der Waals surface area (Å²) < 4.78 is 5.58. The zero-order chi connectivity index (χ0) is 13.4. The van der Waals surface area contributed by atoms with Crippen LogP contribution >= 0.6 is 11.8 Å². The first-order valence-electron chi connectivity index (χ1n) is 5.83. The van der Waals surface area contributed by atoms with E-state index in [4.69, 9.17) is 9.84 Å². The number of aliphatic carboxylic acids is 1. The number of carboxylic acid groups (broad SMARTS) is 1. The van der Waals surface area contributed by atoms with Crippen molar-refractivity contribution in [1.29, 1.82) is 0 Å². The lowest BCUT2D eigenvalue weighted by molar-refractivity contribution is -0.131. The third-order valence-corrected chi connectivity index (χ3v) is 3.17. The van der Waals surface area contributed by atoms with Crippen molar-refractivity contribution < 1.29 is 14.6 Å². The second-order valence-electron chi connectivity index (χ2n) is 4.01. The van der Waals surface area contributed by atoms with Crippen LogP contribution in [-0.2, 0) is 4.79 Å². The number of carboxylic acids is 1. The van der Waals surface area contributed by atoms with Gasteiger partial charge in [-0.05, 0) is 29.0 Å². The van der Waals surface area contributed by atoms with Gasteiger partial charge in [0.1, 0.15) is 5.75 Å². The molecule has 4 heteroatoms. The molecule has 0 heterocycles. The highest BCUT2D eigenvalue weighted by Crippen LogP contribution is 2.14. The van der Waals surface area contributed by atoms with Gasteiger partial charge < -0.3 is 9.84 Å². The Balaban J connectivity index is 2.38. The van der Waals surface area contributed by atoms with E-state index in [0.29, 0.717) is 11.9 Å². The predicted octanol–water partition coefficient (Wildman–Crippen LogP) is 3.30. The normalized spacial score (nSPS) is 11.1. The molecule has 0 fully saturated rings. The Kier molecular flexibility index (Phi) is 6.36. The molecule has 1 aromatic carbocycles. The molecule has 1 aromatic rings. The lowest BCUT2D eigenvalue weighted by Crippen LogP contribution is -2.02. The number of benzene rings is 1. The van der Waals surface area contributed by atoms with Crippen LogP contribution < -0.4 is 4.74 Å². The van der Waals surface area contributed by atoms with E-state index >= 15 is 0 Å². The van der Waals surface area contributed by atoms with E-state index in [1.54, 1.807) is 6.08 Å². The summed E-state index contributed by atoms with van der Waals surface area (Å²) in [5.74, 6) is 0.839. The van der Waals surface area contributed by atoms with Gasteiger partial charge in [0.15, 0.2) is 0 Å². The van der Waals surface area contributed by atoms with E-state index in [0.717, 1.165) is 23.1 Å². The van der Waals surface area contributed by atoms with Crippen molar-refractivity contribution >= 4 is 23.8 Å². The standard InChI is InChI=1S/C14H18O3S/c1-11(2)18-10-9-17-13-6-3-12(4-7-13)5-8-14(15)16/h3-8,11H,9-10H2,1-2H3,(H,15,16). The van der Waals surface area contributed by atoms with Crippen molar-refractivity contribution in [2.75, 3.05) is 12.4 Å². The first-order chi connectivity index (χ1) is 8.58. The van der Waals surface area contributed by atoms with E-state index in [2.05, 4.69) is 13.8 Å². The van der Waals surface area contributed by atoms with Crippen LogP contribution in [0.3, 0.4) is 0 Å². The summed E-state index contributed by atoms with van der Waals surface area (Å²) in [5.41, 5.74) is 0.848. The SMILES string of the molecule is CC(C)SCCOc1ccc(C=CC(=O)O)cc1. The number of hydrogen-bond donors (Lipinski definition) is 1. The Morgan fingerprint density at radius 2 is 2.06 bits per heavy atom. The van der Waals surface area contributed by atoms with Crippen LogP contribution in [0.25, 0.3) is 6.08 Å². The molecule has 0 saturated carbocycles. The molecule has 0 aliphatic carbocycles. The Hall–Kier alpha value is -1.42. The monoisotopic (exact) mass is 266 g/mol. The van der Waals surface area contributed by atoms with E-state index in [9.17, 15) is 4.79 Å². The van der Waals surface area contributed by atoms with Crippen molar-refractivity contribution in [3.8, 4) is 5.75 Å². The lowest BCUT2D eigenvalue weighted by Gasteiger charge is -2.07. The molecule has 0 atom stereocenters. The van der Waals surface area contributed by atoms with Gasteiger partial charge in [0, 0.05) is 11.8 Å². The largest absolute Gasteiger partial charge is 0.493 e. The molecule has 1 rings (SSSR count). The van der Waals surface area contributed by atoms with Crippen LogP contribution in [0.1, 0.15) is 19.4 Å². The molecule has 98 valence electrons. The topological polar surface area (TPSA) is 46.5 Å². The smallest absolute Gasteiger partial charge is 0.328 e. The zero-order valence-electron chi connectivity index (χ0n) is 10.6. The fourth-order valence-electron chi connectivity index (χ4n) is 1.29. The summed E-state index contributed by atoms with van der Waals surface area (Å²) in [6.45, 7) is 5.01. The summed E-state index contributed by atoms with van der Waals surface area (Å²) in [6, 6.07) is 7.37. The van der Waals surface area contributed by atoms with Gasteiger partial charge in [-0.25, -0.2) is 4.79 Å². The summed E-state index contributed by atoms with van der Waals surface area (Å²) in [7, 11) is 0. The first-order valence-corrected chi connectivity index (χ1v) is 6.88. The van der Waals surface area contributed by atoms with Crippen LogP contribution in [0.5, 0.6) is 5.75 Å². The van der Waals surface area contributed by atoms with Gasteiger partial charge in [0.2, 0.25) is 0 Å². The molecule has 0 radical (unpaired) electrons. The van der Waals surface area contributed by atoms with Crippen LogP contribution in [0.4, 0.5) is 0 Å². The second kappa shape index (κ2) is 7.82. The highest BCUT2D eigenvalue weighted by atomic mass is 32.2. The summed E-state index contributed by atoms with van der Waals surface area (Å²) in [6.07, 6.45) is 2.68. The number of ether oxygens (including phenoxy) is 1. The number of hydrogen-bond acceptors (Lipinski definition) is 3. The average molecular weight is 266 g/mol. The number of thioether (sulfide) groups is 1. The van der Waals surface area contributed by atoms with Crippen LogP contribution in [-0.4, -0.2) is 28.7 Å². The predicted molar refractivity (Wildman–Crippen MR) is 76.2 cm³/mol. The van der Waals surface area contributed by atoms with Gasteiger partial charge in [-0.2, -0.15) is 11.8 Å². The lowest BCUT2D eigenvalue weighted by atomic mass is 10.2. The van der Waals surface area contributed by atoms with Crippen molar-refractivity contribution in [2.24, 2.45) is 0 Å². The molecule has 1 N–H and O–H groups in total. The van der Waals surface area contributed by atoms with Gasteiger partial charge >= 0.3 is 5.97 Å². The molecule has 0 unspecified atom stereocenters. The Morgan fingerprint density at radius 3 is 2.61 bits per heavy atom. The maximum atomic E-state index is 10.4. The van der Waals surface area contributed by atoms with E-state index in [1.165, 1.54) is 0 Å². The van der Waals surface area contributed by atoms with Gasteiger partial charge in [-0.15, -0.1) is 0 Å². The Bertz CT molecular complexity index is 396. The molecule has 18 heavy (non-hydrogen) atoms. The van der Waals surface area contributed by atoms with Crippen molar-refractivity contribution in [3.05, 3.63) is 35.9 Å². The van der Waals surface area contributed by atoms with Crippen molar-refractivity contribution in [2.45, 2.75) is 19.1 Å². The minimum atomic E-state index is -0.943.